The van der Waals surface area contributed by atoms with Crippen LogP contribution in [-0.2, 0) is 9.53 Å². The predicted molar refractivity (Wildman–Crippen MR) is 117 cm³/mol. The Morgan fingerprint density at radius 2 is 1.94 bits per heavy atom. The van der Waals surface area contributed by atoms with Crippen LogP contribution in [0, 0.1) is 6.92 Å². The first-order valence-corrected chi connectivity index (χ1v) is 10.5. The average Bonchev–Trinajstić information content (AvgIpc) is 3.20. The normalized spacial score (nSPS) is 14.7. The molecule has 3 aromatic rings. The van der Waals surface area contributed by atoms with E-state index in [9.17, 15) is 4.79 Å². The van der Waals surface area contributed by atoms with Crippen LogP contribution in [0.3, 0.4) is 0 Å². The van der Waals surface area contributed by atoms with Crippen molar-refractivity contribution in [1.82, 2.24) is 34.8 Å². The molecular weight excluding hydrogens is 414 g/mol. The molecule has 172 valence electrons. The van der Waals surface area contributed by atoms with Crippen LogP contribution in [0.1, 0.15) is 32.4 Å². The van der Waals surface area contributed by atoms with Gasteiger partial charge in [0.25, 0.3) is 6.47 Å². The number of hydrogen-bond donors (Lipinski definition) is 0. The van der Waals surface area contributed by atoms with Gasteiger partial charge < -0.3 is 19.1 Å². The first kappa shape index (κ1) is 23.3. The van der Waals surface area contributed by atoms with Crippen LogP contribution in [0.4, 0.5) is 0 Å². The molecule has 3 aromatic heterocycles. The van der Waals surface area contributed by atoms with Gasteiger partial charge >= 0.3 is 0 Å². The Hall–Kier alpha value is -3.34. The van der Waals surface area contributed by atoms with Crippen molar-refractivity contribution in [3.05, 3.63) is 24.2 Å². The molecule has 0 aliphatic carbocycles. The Morgan fingerprint density at radius 1 is 1.19 bits per heavy atom. The molecule has 4 rings (SSSR count). The second-order valence-corrected chi connectivity index (χ2v) is 7.71. The number of carbonyl (C=O) groups is 1. The minimum atomic E-state index is 0.0301. The van der Waals surface area contributed by atoms with Gasteiger partial charge in [0, 0.05) is 19.2 Å². The Bertz CT molecular complexity index is 1030. The van der Waals surface area contributed by atoms with E-state index in [1.165, 1.54) is 6.33 Å². The zero-order chi connectivity index (χ0) is 23.1. The lowest BCUT2D eigenvalue weighted by Crippen LogP contribution is -2.35. The molecule has 11 heteroatoms. The van der Waals surface area contributed by atoms with Crippen LogP contribution in [0.25, 0.3) is 16.9 Å². The molecule has 4 heterocycles. The Labute approximate surface area is 186 Å². The van der Waals surface area contributed by atoms with Crippen LogP contribution in [0.15, 0.2) is 18.5 Å². The van der Waals surface area contributed by atoms with Crippen LogP contribution < -0.4 is 9.47 Å². The summed E-state index contributed by atoms with van der Waals surface area (Å²) in [6.07, 6.45) is 3.59. The predicted octanol–water partition coefficient (Wildman–Crippen LogP) is 1.96. The second kappa shape index (κ2) is 10.8. The summed E-state index contributed by atoms with van der Waals surface area (Å²) in [6, 6.07) is 3.67. The maximum atomic E-state index is 9.39. The maximum Gasteiger partial charge on any atom is 0.293 e. The van der Waals surface area contributed by atoms with Gasteiger partial charge in [-0.1, -0.05) is 5.21 Å². The summed E-state index contributed by atoms with van der Waals surface area (Å²) in [4.78, 5) is 24.7. The van der Waals surface area contributed by atoms with E-state index in [0.717, 1.165) is 37.3 Å². The number of pyridine rings is 1. The Balaban J connectivity index is 0.000000427. The van der Waals surface area contributed by atoms with E-state index in [1.807, 2.05) is 13.0 Å². The first-order valence-electron chi connectivity index (χ1n) is 10.5. The molecule has 1 aliphatic heterocycles. The molecule has 1 fully saturated rings. The van der Waals surface area contributed by atoms with Crippen molar-refractivity contribution in [2.45, 2.75) is 45.8 Å². The van der Waals surface area contributed by atoms with E-state index in [4.69, 9.17) is 9.47 Å². The molecule has 32 heavy (non-hydrogen) atoms. The van der Waals surface area contributed by atoms with Gasteiger partial charge in [0.15, 0.2) is 11.2 Å². The van der Waals surface area contributed by atoms with Crippen molar-refractivity contribution < 1.29 is 19.0 Å². The Kier molecular flexibility index (Phi) is 7.87. The molecular formula is C21H29N7O4. The molecule has 0 N–H and O–H groups in total. The van der Waals surface area contributed by atoms with E-state index >= 15 is 0 Å². The molecule has 0 spiro atoms. The van der Waals surface area contributed by atoms with Gasteiger partial charge in [-0.3, -0.25) is 4.79 Å². The number of ether oxygens (including phenoxy) is 3. The highest BCUT2D eigenvalue weighted by Crippen LogP contribution is 2.25. The zero-order valence-electron chi connectivity index (χ0n) is 19.1. The number of methoxy groups -OCH3 is 1. The van der Waals surface area contributed by atoms with Crippen LogP contribution >= 0.6 is 0 Å². The Morgan fingerprint density at radius 3 is 2.53 bits per heavy atom. The van der Waals surface area contributed by atoms with Crippen LogP contribution in [0.5, 0.6) is 11.8 Å². The van der Waals surface area contributed by atoms with Crippen molar-refractivity contribution in [2.75, 3.05) is 27.2 Å². The number of aromatic nitrogens is 6. The van der Waals surface area contributed by atoms with Gasteiger partial charge in [-0.2, -0.15) is 9.67 Å². The SMILES string of the molecule is CC(C)OC=O.COc1ccc(-n2nnc3c(OC4CCN(C)CC4)ncnc32)c(C)n1. The summed E-state index contributed by atoms with van der Waals surface area (Å²) in [7, 11) is 3.71. The van der Waals surface area contributed by atoms with Gasteiger partial charge in [-0.05, 0) is 46.7 Å². The number of rotatable bonds is 6. The number of aryl methyl sites for hydroxylation is 1. The number of nitrogens with zero attached hydrogens (tertiary/aromatic N) is 7. The summed E-state index contributed by atoms with van der Waals surface area (Å²) in [5.41, 5.74) is 2.71. The molecule has 11 nitrogen and oxygen atoms in total. The number of likely N-dealkylation sites (tertiary alicyclic amines) is 1. The van der Waals surface area contributed by atoms with Gasteiger partial charge in [-0.15, -0.1) is 5.10 Å². The highest BCUT2D eigenvalue weighted by Gasteiger charge is 2.22. The lowest BCUT2D eigenvalue weighted by molar-refractivity contribution is -0.131. The molecule has 0 radical (unpaired) electrons. The van der Waals surface area contributed by atoms with E-state index in [2.05, 4.69) is 41.9 Å². The third-order valence-electron chi connectivity index (χ3n) is 4.95. The standard InChI is InChI=1S/C17H21N7O2.C4H8O2/c1-11-13(4-5-14(20-11)25-3)24-16-15(21-22-24)17(19-10-18-16)26-12-6-8-23(2)9-7-12;1-4(2)6-3-5/h4-5,10,12H,6-9H2,1-3H3;3-4H,1-2H3. The van der Waals surface area contributed by atoms with E-state index in [0.29, 0.717) is 29.4 Å². The number of hydrogen-bond acceptors (Lipinski definition) is 10. The monoisotopic (exact) mass is 443 g/mol. The van der Waals surface area contributed by atoms with Gasteiger partial charge in [0.2, 0.25) is 11.8 Å². The summed E-state index contributed by atoms with van der Waals surface area (Å²) in [5.74, 6) is 1.03. The fraction of sp³-hybridized carbons (Fsp3) is 0.524. The second-order valence-electron chi connectivity index (χ2n) is 7.71. The summed E-state index contributed by atoms with van der Waals surface area (Å²) in [5, 5.41) is 8.50. The van der Waals surface area contributed by atoms with Crippen molar-refractivity contribution >= 4 is 17.6 Å². The number of piperidine rings is 1. The molecule has 0 unspecified atom stereocenters. The molecule has 1 aliphatic rings. The van der Waals surface area contributed by atoms with Crippen LogP contribution in [-0.4, -0.2) is 80.8 Å². The minimum Gasteiger partial charge on any atom is -0.481 e. The van der Waals surface area contributed by atoms with Crippen LogP contribution in [0.2, 0.25) is 0 Å². The first-order chi connectivity index (χ1) is 15.4. The number of carbonyl (C=O) groups excluding carboxylic acids is 1. The lowest BCUT2D eigenvalue weighted by Gasteiger charge is -2.28. The minimum absolute atomic E-state index is 0.0301. The van der Waals surface area contributed by atoms with Crippen molar-refractivity contribution in [2.24, 2.45) is 0 Å². The third kappa shape index (κ3) is 5.67. The molecule has 0 bridgehead atoms. The van der Waals surface area contributed by atoms with Crippen molar-refractivity contribution in [3.63, 3.8) is 0 Å². The molecule has 1 saturated heterocycles. The third-order valence-corrected chi connectivity index (χ3v) is 4.95. The van der Waals surface area contributed by atoms with Crippen molar-refractivity contribution in [3.8, 4) is 17.4 Å². The smallest absolute Gasteiger partial charge is 0.293 e. The summed E-state index contributed by atoms with van der Waals surface area (Å²) in [6.45, 7) is 7.97. The van der Waals surface area contributed by atoms with Gasteiger partial charge in [-0.25, -0.2) is 9.97 Å². The maximum absolute atomic E-state index is 9.39. The zero-order valence-corrected chi connectivity index (χ0v) is 19.1. The van der Waals surface area contributed by atoms with E-state index in [1.54, 1.807) is 31.7 Å². The van der Waals surface area contributed by atoms with E-state index < -0.39 is 0 Å². The highest BCUT2D eigenvalue weighted by atomic mass is 16.5. The number of fused-ring (bicyclic) bond motifs is 1. The fourth-order valence-corrected chi connectivity index (χ4v) is 3.22. The quantitative estimate of drug-likeness (QED) is 0.523. The average molecular weight is 444 g/mol. The van der Waals surface area contributed by atoms with Gasteiger partial charge in [0.1, 0.15) is 12.4 Å². The lowest BCUT2D eigenvalue weighted by atomic mass is 10.1. The molecule has 0 amide bonds. The molecule has 0 atom stereocenters. The topological polar surface area (TPSA) is 117 Å². The molecule has 0 aromatic carbocycles. The summed E-state index contributed by atoms with van der Waals surface area (Å²) < 4.78 is 17.3. The molecule has 0 saturated carbocycles. The highest BCUT2D eigenvalue weighted by molar-refractivity contribution is 5.76. The fourth-order valence-electron chi connectivity index (χ4n) is 3.22. The van der Waals surface area contributed by atoms with Gasteiger partial charge in [0.05, 0.1) is 24.6 Å². The van der Waals surface area contributed by atoms with E-state index in [-0.39, 0.29) is 12.2 Å². The summed E-state index contributed by atoms with van der Waals surface area (Å²) >= 11 is 0. The largest absolute Gasteiger partial charge is 0.481 e. The van der Waals surface area contributed by atoms with Crippen molar-refractivity contribution in [1.29, 1.82) is 0 Å².